The van der Waals surface area contributed by atoms with Crippen LogP contribution in [0.2, 0.25) is 0 Å². The number of methoxy groups -OCH3 is 1. The second-order valence-electron chi connectivity index (χ2n) is 6.96. The standard InChI is InChI=1S/C19H27NO3/c1-23-16-9-10-17-15(12-16)8-5-11-19(17,22)13-20-18(21)14-6-3-2-4-7-14/h9-10,12,14,22H,2-8,11,13H2,1H3,(H,20,21). The molecular formula is C19H27NO3. The molecule has 1 fully saturated rings. The van der Waals surface area contributed by atoms with Gasteiger partial charge in [-0.25, -0.2) is 0 Å². The Morgan fingerprint density at radius 1 is 1.30 bits per heavy atom. The van der Waals surface area contributed by atoms with Crippen LogP contribution in [-0.2, 0) is 16.8 Å². The van der Waals surface area contributed by atoms with Crippen molar-refractivity contribution < 1.29 is 14.6 Å². The number of hydrogen-bond acceptors (Lipinski definition) is 3. The smallest absolute Gasteiger partial charge is 0.223 e. The molecule has 3 rings (SSSR count). The van der Waals surface area contributed by atoms with Gasteiger partial charge in [-0.05, 0) is 55.4 Å². The predicted octanol–water partition coefficient (Wildman–Crippen LogP) is 2.92. The van der Waals surface area contributed by atoms with Crippen LogP contribution in [0, 0.1) is 5.92 Å². The van der Waals surface area contributed by atoms with E-state index in [0.717, 1.165) is 55.4 Å². The summed E-state index contributed by atoms with van der Waals surface area (Å²) < 4.78 is 5.27. The summed E-state index contributed by atoms with van der Waals surface area (Å²) in [6.07, 6.45) is 8.06. The second-order valence-corrected chi connectivity index (χ2v) is 6.96. The van der Waals surface area contributed by atoms with Gasteiger partial charge in [0.15, 0.2) is 0 Å². The third-order valence-electron chi connectivity index (χ3n) is 5.38. The Kier molecular flexibility index (Phi) is 4.90. The number of benzene rings is 1. The maximum Gasteiger partial charge on any atom is 0.223 e. The van der Waals surface area contributed by atoms with Crippen molar-refractivity contribution in [2.45, 2.75) is 57.0 Å². The molecule has 0 aliphatic heterocycles. The molecule has 2 aliphatic carbocycles. The lowest BCUT2D eigenvalue weighted by atomic mass is 9.78. The van der Waals surface area contributed by atoms with Crippen molar-refractivity contribution in [1.29, 1.82) is 0 Å². The average molecular weight is 317 g/mol. The van der Waals surface area contributed by atoms with E-state index in [2.05, 4.69) is 5.32 Å². The van der Waals surface area contributed by atoms with Crippen LogP contribution in [0.3, 0.4) is 0 Å². The van der Waals surface area contributed by atoms with Crippen LogP contribution in [0.15, 0.2) is 18.2 Å². The van der Waals surface area contributed by atoms with Gasteiger partial charge < -0.3 is 15.2 Å². The number of ether oxygens (including phenoxy) is 1. The van der Waals surface area contributed by atoms with Crippen molar-refractivity contribution >= 4 is 5.91 Å². The Morgan fingerprint density at radius 3 is 2.83 bits per heavy atom. The third-order valence-corrected chi connectivity index (χ3v) is 5.38. The van der Waals surface area contributed by atoms with E-state index in [4.69, 9.17) is 4.74 Å². The topological polar surface area (TPSA) is 58.6 Å². The van der Waals surface area contributed by atoms with Gasteiger partial charge in [-0.3, -0.25) is 4.79 Å². The highest BCUT2D eigenvalue weighted by Crippen LogP contribution is 2.36. The fourth-order valence-electron chi connectivity index (χ4n) is 3.99. The molecule has 4 nitrogen and oxygen atoms in total. The highest BCUT2D eigenvalue weighted by atomic mass is 16.5. The normalized spacial score (nSPS) is 24.8. The van der Waals surface area contributed by atoms with Crippen molar-refractivity contribution in [3.05, 3.63) is 29.3 Å². The fraction of sp³-hybridized carbons (Fsp3) is 0.632. The lowest BCUT2D eigenvalue weighted by Gasteiger charge is -2.35. The Labute approximate surface area is 138 Å². The van der Waals surface area contributed by atoms with E-state index < -0.39 is 5.60 Å². The molecule has 0 bridgehead atoms. The highest BCUT2D eigenvalue weighted by Gasteiger charge is 2.35. The molecule has 1 unspecified atom stereocenters. The lowest BCUT2D eigenvalue weighted by Crippen LogP contribution is -2.44. The largest absolute Gasteiger partial charge is 0.497 e. The Balaban J connectivity index is 1.69. The summed E-state index contributed by atoms with van der Waals surface area (Å²) in [5.74, 6) is 1.06. The first-order valence-corrected chi connectivity index (χ1v) is 8.80. The van der Waals surface area contributed by atoms with E-state index in [9.17, 15) is 9.90 Å². The molecule has 1 saturated carbocycles. The molecule has 2 aliphatic rings. The van der Waals surface area contributed by atoms with Crippen molar-refractivity contribution in [3.8, 4) is 5.75 Å². The zero-order valence-electron chi connectivity index (χ0n) is 13.9. The van der Waals surface area contributed by atoms with E-state index in [1.165, 1.54) is 6.42 Å². The monoisotopic (exact) mass is 317 g/mol. The molecule has 0 saturated heterocycles. The number of rotatable bonds is 4. The van der Waals surface area contributed by atoms with Gasteiger partial charge in [0.05, 0.1) is 13.7 Å². The van der Waals surface area contributed by atoms with Crippen LogP contribution in [0.5, 0.6) is 5.75 Å². The van der Waals surface area contributed by atoms with Crippen molar-refractivity contribution in [3.63, 3.8) is 0 Å². The Hall–Kier alpha value is -1.55. The first-order valence-electron chi connectivity index (χ1n) is 8.80. The zero-order valence-corrected chi connectivity index (χ0v) is 13.9. The minimum atomic E-state index is -0.954. The van der Waals surface area contributed by atoms with Crippen molar-refractivity contribution in [2.24, 2.45) is 5.92 Å². The lowest BCUT2D eigenvalue weighted by molar-refractivity contribution is -0.127. The third kappa shape index (κ3) is 3.52. The first-order chi connectivity index (χ1) is 11.1. The molecule has 126 valence electrons. The van der Waals surface area contributed by atoms with E-state index in [1.807, 2.05) is 18.2 Å². The fourth-order valence-corrected chi connectivity index (χ4v) is 3.99. The van der Waals surface area contributed by atoms with Crippen LogP contribution < -0.4 is 10.1 Å². The molecule has 0 aromatic heterocycles. The number of nitrogens with one attached hydrogen (secondary N) is 1. The minimum Gasteiger partial charge on any atom is -0.497 e. The molecule has 4 heteroatoms. The summed E-state index contributed by atoms with van der Waals surface area (Å²) in [5.41, 5.74) is 1.11. The molecule has 1 aromatic rings. The van der Waals surface area contributed by atoms with E-state index in [0.29, 0.717) is 13.0 Å². The van der Waals surface area contributed by atoms with Gasteiger partial charge >= 0.3 is 0 Å². The maximum atomic E-state index is 12.4. The number of carbonyl (C=O) groups is 1. The van der Waals surface area contributed by atoms with Gasteiger partial charge in [-0.2, -0.15) is 0 Å². The minimum absolute atomic E-state index is 0.110. The number of carbonyl (C=O) groups excluding carboxylic acids is 1. The summed E-state index contributed by atoms with van der Waals surface area (Å²) in [6, 6.07) is 5.83. The summed E-state index contributed by atoms with van der Waals surface area (Å²) >= 11 is 0. The second kappa shape index (κ2) is 6.91. The number of fused-ring (bicyclic) bond motifs is 1. The summed E-state index contributed by atoms with van der Waals surface area (Å²) in [5, 5.41) is 14.1. The van der Waals surface area contributed by atoms with E-state index in [-0.39, 0.29) is 11.8 Å². The number of hydrogen-bond donors (Lipinski definition) is 2. The molecule has 1 amide bonds. The van der Waals surface area contributed by atoms with Crippen LogP contribution in [0.4, 0.5) is 0 Å². The van der Waals surface area contributed by atoms with E-state index in [1.54, 1.807) is 7.11 Å². The molecule has 0 radical (unpaired) electrons. The number of aryl methyl sites for hydroxylation is 1. The zero-order chi connectivity index (χ0) is 16.3. The summed E-state index contributed by atoms with van der Waals surface area (Å²) in [6.45, 7) is 0.307. The van der Waals surface area contributed by atoms with Gasteiger partial charge in [0.25, 0.3) is 0 Å². The average Bonchev–Trinajstić information content (AvgIpc) is 2.60. The number of aliphatic hydroxyl groups is 1. The molecule has 23 heavy (non-hydrogen) atoms. The molecule has 0 spiro atoms. The molecule has 2 N–H and O–H groups in total. The van der Waals surface area contributed by atoms with Crippen molar-refractivity contribution in [2.75, 3.05) is 13.7 Å². The summed E-state index contributed by atoms with van der Waals surface area (Å²) in [7, 11) is 1.65. The quantitative estimate of drug-likeness (QED) is 0.897. The van der Waals surface area contributed by atoms with Gasteiger partial charge in [0.2, 0.25) is 5.91 Å². The Bertz CT molecular complexity index is 566. The molecular weight excluding hydrogens is 290 g/mol. The predicted molar refractivity (Wildman–Crippen MR) is 89.4 cm³/mol. The first kappa shape index (κ1) is 16.3. The Morgan fingerprint density at radius 2 is 2.09 bits per heavy atom. The van der Waals surface area contributed by atoms with Gasteiger partial charge in [0, 0.05) is 5.92 Å². The van der Waals surface area contributed by atoms with Gasteiger partial charge in [-0.1, -0.05) is 25.3 Å². The molecule has 1 atom stereocenters. The van der Waals surface area contributed by atoms with E-state index >= 15 is 0 Å². The van der Waals surface area contributed by atoms with Crippen LogP contribution in [0.25, 0.3) is 0 Å². The van der Waals surface area contributed by atoms with Gasteiger partial charge in [0.1, 0.15) is 11.4 Å². The maximum absolute atomic E-state index is 12.4. The van der Waals surface area contributed by atoms with Crippen LogP contribution >= 0.6 is 0 Å². The van der Waals surface area contributed by atoms with Gasteiger partial charge in [-0.15, -0.1) is 0 Å². The number of amides is 1. The van der Waals surface area contributed by atoms with Crippen LogP contribution in [0.1, 0.15) is 56.1 Å². The van der Waals surface area contributed by atoms with Crippen LogP contribution in [-0.4, -0.2) is 24.7 Å². The summed E-state index contributed by atoms with van der Waals surface area (Å²) in [4.78, 5) is 12.4. The molecule has 0 heterocycles. The highest BCUT2D eigenvalue weighted by molar-refractivity contribution is 5.78. The molecule has 1 aromatic carbocycles. The SMILES string of the molecule is COc1ccc2c(c1)CCCC2(O)CNC(=O)C1CCCCC1. The van der Waals surface area contributed by atoms with Crippen molar-refractivity contribution in [1.82, 2.24) is 5.32 Å².